The van der Waals surface area contributed by atoms with Crippen molar-refractivity contribution in [3.05, 3.63) is 16.0 Å². The van der Waals surface area contributed by atoms with Crippen LogP contribution < -0.4 is 10.2 Å². The fraction of sp³-hybridized carbons (Fsp3) is 0.538. The van der Waals surface area contributed by atoms with Crippen molar-refractivity contribution in [3.63, 3.8) is 0 Å². The highest BCUT2D eigenvalue weighted by molar-refractivity contribution is 7.16. The molecule has 0 aromatic carbocycles. The van der Waals surface area contributed by atoms with Crippen molar-refractivity contribution in [3.8, 4) is 0 Å². The zero-order chi connectivity index (χ0) is 14.0. The maximum absolute atomic E-state index is 11.9. The van der Waals surface area contributed by atoms with Gasteiger partial charge in [-0.2, -0.15) is 0 Å². The number of anilines is 1. The Bertz CT molecular complexity index is 510. The molecule has 5 nitrogen and oxygen atoms in total. The van der Waals surface area contributed by atoms with E-state index in [1.807, 2.05) is 0 Å². The Labute approximate surface area is 116 Å². The van der Waals surface area contributed by atoms with E-state index >= 15 is 0 Å². The molecule has 0 spiro atoms. The van der Waals surface area contributed by atoms with Crippen molar-refractivity contribution in [2.75, 3.05) is 25.5 Å². The first-order chi connectivity index (χ1) is 9.06. The van der Waals surface area contributed by atoms with E-state index in [0.29, 0.717) is 10.6 Å². The molecule has 104 valence electrons. The SMILES string of the molecule is CC[NH+]1CCc2c(sc(NC(C)=O)c2C(=O)OC)C1. The van der Waals surface area contributed by atoms with Crippen LogP contribution in [0.3, 0.4) is 0 Å². The number of hydrogen-bond donors (Lipinski definition) is 2. The van der Waals surface area contributed by atoms with Gasteiger partial charge in [0.1, 0.15) is 11.5 Å². The van der Waals surface area contributed by atoms with Crippen molar-refractivity contribution in [2.24, 2.45) is 0 Å². The van der Waals surface area contributed by atoms with Crippen molar-refractivity contribution in [2.45, 2.75) is 26.8 Å². The molecule has 1 unspecified atom stereocenters. The Morgan fingerprint density at radius 1 is 1.47 bits per heavy atom. The van der Waals surface area contributed by atoms with Gasteiger partial charge in [0.05, 0.1) is 30.6 Å². The summed E-state index contributed by atoms with van der Waals surface area (Å²) in [5, 5.41) is 3.37. The number of rotatable bonds is 3. The van der Waals surface area contributed by atoms with Crippen LogP contribution in [0.5, 0.6) is 0 Å². The average Bonchev–Trinajstić information content (AvgIpc) is 2.73. The van der Waals surface area contributed by atoms with Gasteiger partial charge >= 0.3 is 5.97 Å². The van der Waals surface area contributed by atoms with Gasteiger partial charge in [-0.05, 0) is 12.5 Å². The third-order valence-electron chi connectivity index (χ3n) is 3.41. The Hall–Kier alpha value is -1.40. The van der Waals surface area contributed by atoms with Crippen LogP contribution >= 0.6 is 11.3 Å². The largest absolute Gasteiger partial charge is 0.465 e. The molecule has 0 aliphatic carbocycles. The summed E-state index contributed by atoms with van der Waals surface area (Å²) in [6.07, 6.45) is 0.860. The number of esters is 1. The van der Waals surface area contributed by atoms with Gasteiger partial charge < -0.3 is 15.0 Å². The van der Waals surface area contributed by atoms with E-state index in [0.717, 1.165) is 31.6 Å². The molecule has 1 atom stereocenters. The Balaban J connectivity index is 2.41. The zero-order valence-corrected chi connectivity index (χ0v) is 12.3. The van der Waals surface area contributed by atoms with Gasteiger partial charge in [0.2, 0.25) is 5.91 Å². The van der Waals surface area contributed by atoms with Crippen molar-refractivity contribution >= 4 is 28.2 Å². The fourth-order valence-corrected chi connectivity index (χ4v) is 3.76. The van der Waals surface area contributed by atoms with Crippen molar-refractivity contribution in [1.82, 2.24) is 0 Å². The number of methoxy groups -OCH3 is 1. The Morgan fingerprint density at radius 2 is 2.21 bits per heavy atom. The minimum Gasteiger partial charge on any atom is -0.465 e. The molecule has 1 aromatic heterocycles. The molecule has 1 aliphatic rings. The van der Waals surface area contributed by atoms with Crippen LogP contribution in [0, 0.1) is 0 Å². The number of ether oxygens (including phenoxy) is 1. The lowest BCUT2D eigenvalue weighted by Gasteiger charge is -2.22. The zero-order valence-electron chi connectivity index (χ0n) is 11.5. The monoisotopic (exact) mass is 283 g/mol. The standard InChI is InChI=1S/C13H18N2O3S/c1-4-15-6-5-9-10(7-15)19-12(14-8(2)16)11(9)13(17)18-3/h4-7H2,1-3H3,(H,14,16)/p+1. The summed E-state index contributed by atoms with van der Waals surface area (Å²) in [6.45, 7) is 6.61. The van der Waals surface area contributed by atoms with Gasteiger partial charge in [0, 0.05) is 13.3 Å². The Morgan fingerprint density at radius 3 is 2.79 bits per heavy atom. The predicted molar refractivity (Wildman–Crippen MR) is 73.7 cm³/mol. The molecule has 1 amide bonds. The molecule has 1 aromatic rings. The second kappa shape index (κ2) is 5.71. The van der Waals surface area contributed by atoms with Crippen LogP contribution in [0.1, 0.15) is 34.6 Å². The number of carbonyl (C=O) groups excluding carboxylic acids is 2. The third kappa shape index (κ3) is 2.79. The number of fused-ring (bicyclic) bond motifs is 1. The summed E-state index contributed by atoms with van der Waals surface area (Å²) in [7, 11) is 1.37. The molecule has 0 saturated carbocycles. The molecule has 0 radical (unpaired) electrons. The summed E-state index contributed by atoms with van der Waals surface area (Å²) in [5.74, 6) is -0.523. The normalized spacial score (nSPS) is 17.7. The number of thiophene rings is 1. The highest BCUT2D eigenvalue weighted by Gasteiger charge is 2.30. The summed E-state index contributed by atoms with van der Waals surface area (Å²) < 4.78 is 4.85. The van der Waals surface area contributed by atoms with E-state index in [1.54, 1.807) is 0 Å². The van der Waals surface area contributed by atoms with Gasteiger partial charge in [-0.25, -0.2) is 4.79 Å². The topological polar surface area (TPSA) is 59.8 Å². The number of likely N-dealkylation sites (N-methyl/N-ethyl adjacent to an activating group) is 1. The minimum atomic E-state index is -0.360. The number of hydrogen-bond acceptors (Lipinski definition) is 4. The summed E-state index contributed by atoms with van der Waals surface area (Å²) in [6, 6.07) is 0. The molecule has 0 saturated heterocycles. The molecule has 1 aliphatic heterocycles. The van der Waals surface area contributed by atoms with Crippen LogP contribution in [-0.2, 0) is 22.5 Å². The summed E-state index contributed by atoms with van der Waals surface area (Å²) >= 11 is 1.50. The van der Waals surface area contributed by atoms with Crippen LogP contribution in [0.25, 0.3) is 0 Å². The van der Waals surface area contributed by atoms with Crippen molar-refractivity contribution < 1.29 is 19.2 Å². The molecule has 2 N–H and O–H groups in total. The van der Waals surface area contributed by atoms with Gasteiger partial charge in [0.15, 0.2) is 0 Å². The molecule has 2 rings (SSSR count). The number of quaternary nitrogens is 1. The predicted octanol–water partition coefficient (Wildman–Crippen LogP) is 0.454. The third-order valence-corrected chi connectivity index (χ3v) is 4.56. The highest BCUT2D eigenvalue weighted by atomic mass is 32.1. The first-order valence-electron chi connectivity index (χ1n) is 6.40. The number of carbonyl (C=O) groups is 2. The van der Waals surface area contributed by atoms with Crippen molar-refractivity contribution in [1.29, 1.82) is 0 Å². The smallest absolute Gasteiger partial charge is 0.341 e. The number of amides is 1. The maximum Gasteiger partial charge on any atom is 0.341 e. The summed E-state index contributed by atoms with van der Waals surface area (Å²) in [4.78, 5) is 25.9. The second-order valence-corrected chi connectivity index (χ2v) is 5.77. The van der Waals surface area contributed by atoms with Crippen LogP contribution in [0.2, 0.25) is 0 Å². The van der Waals surface area contributed by atoms with E-state index in [-0.39, 0.29) is 11.9 Å². The second-order valence-electron chi connectivity index (χ2n) is 4.66. The summed E-state index contributed by atoms with van der Waals surface area (Å²) in [5.41, 5.74) is 1.60. The van der Waals surface area contributed by atoms with E-state index in [2.05, 4.69) is 12.2 Å². The quantitative estimate of drug-likeness (QED) is 0.792. The Kier molecular flexibility index (Phi) is 4.21. The molecular weight excluding hydrogens is 264 g/mol. The fourth-order valence-electron chi connectivity index (χ4n) is 2.40. The van der Waals surface area contributed by atoms with Gasteiger partial charge in [0.25, 0.3) is 0 Å². The molecule has 19 heavy (non-hydrogen) atoms. The van der Waals surface area contributed by atoms with Gasteiger partial charge in [-0.15, -0.1) is 11.3 Å². The molecule has 2 heterocycles. The molecule has 0 fully saturated rings. The first kappa shape index (κ1) is 14.0. The maximum atomic E-state index is 11.9. The van der Waals surface area contributed by atoms with Crippen LogP contribution in [0.4, 0.5) is 5.00 Å². The lowest BCUT2D eigenvalue weighted by Crippen LogP contribution is -3.11. The highest BCUT2D eigenvalue weighted by Crippen LogP contribution is 2.35. The average molecular weight is 283 g/mol. The molecule has 0 bridgehead atoms. The van der Waals surface area contributed by atoms with E-state index in [1.165, 1.54) is 35.1 Å². The van der Waals surface area contributed by atoms with E-state index in [9.17, 15) is 9.59 Å². The minimum absolute atomic E-state index is 0.163. The van der Waals surface area contributed by atoms with E-state index in [4.69, 9.17) is 4.74 Å². The molecular formula is C13H19N2O3S+. The van der Waals surface area contributed by atoms with Gasteiger partial charge in [-0.1, -0.05) is 0 Å². The first-order valence-corrected chi connectivity index (χ1v) is 7.22. The lowest BCUT2D eigenvalue weighted by atomic mass is 10.0. The number of nitrogens with one attached hydrogen (secondary N) is 2. The van der Waals surface area contributed by atoms with Gasteiger partial charge in [-0.3, -0.25) is 4.79 Å². The van der Waals surface area contributed by atoms with E-state index < -0.39 is 0 Å². The van der Waals surface area contributed by atoms with Crippen LogP contribution in [-0.4, -0.2) is 32.1 Å². The lowest BCUT2D eigenvalue weighted by molar-refractivity contribution is -0.913. The molecule has 6 heteroatoms. The van der Waals surface area contributed by atoms with Crippen LogP contribution in [0.15, 0.2) is 0 Å².